The number of halogens is 2. The monoisotopic (exact) mass is 424 g/mol. The summed E-state index contributed by atoms with van der Waals surface area (Å²) in [5, 5.41) is 1.36. The van der Waals surface area contributed by atoms with E-state index in [1.807, 2.05) is 30.3 Å². The van der Waals surface area contributed by atoms with Gasteiger partial charge in [-0.3, -0.25) is 0 Å². The molecule has 0 amide bonds. The Morgan fingerprint density at radius 3 is 2.41 bits per heavy atom. The van der Waals surface area contributed by atoms with Gasteiger partial charge < -0.3 is 9.15 Å². The van der Waals surface area contributed by atoms with Gasteiger partial charge in [-0.2, -0.15) is 0 Å². The van der Waals surface area contributed by atoms with Crippen molar-refractivity contribution in [3.8, 4) is 16.9 Å². The molecule has 4 nitrogen and oxygen atoms in total. The van der Waals surface area contributed by atoms with Gasteiger partial charge in [-0.1, -0.05) is 53.5 Å². The molecule has 0 aliphatic carbocycles. The van der Waals surface area contributed by atoms with Crippen LogP contribution < -0.4 is 10.4 Å². The van der Waals surface area contributed by atoms with Crippen LogP contribution in [0.2, 0.25) is 10.0 Å². The van der Waals surface area contributed by atoms with Crippen LogP contribution in [0.1, 0.15) is 15.9 Å². The Bertz CT molecular complexity index is 1290. The molecule has 4 rings (SSSR count). The zero-order valence-electron chi connectivity index (χ0n) is 15.2. The summed E-state index contributed by atoms with van der Waals surface area (Å²) in [7, 11) is 0. The lowest BCUT2D eigenvalue weighted by molar-refractivity contribution is 0.0733. The van der Waals surface area contributed by atoms with Gasteiger partial charge in [0.2, 0.25) is 0 Å². The Morgan fingerprint density at radius 2 is 1.69 bits per heavy atom. The minimum absolute atomic E-state index is 0.259. The average molecular weight is 425 g/mol. The molecule has 0 aliphatic heterocycles. The molecular weight excluding hydrogens is 411 g/mol. The second-order valence-electron chi connectivity index (χ2n) is 6.43. The van der Waals surface area contributed by atoms with E-state index in [0.29, 0.717) is 21.9 Å². The number of esters is 1. The van der Waals surface area contributed by atoms with E-state index in [1.165, 1.54) is 24.3 Å². The van der Waals surface area contributed by atoms with E-state index in [4.69, 9.17) is 32.4 Å². The standard InChI is InChI=1S/C23H14Cl2O4/c1-13-20(28-23(27)15-7-9-18(24)19(25)11-15)10-8-16-17(12-21(26)29-22(13)16)14-5-3-2-4-6-14/h2-12H,1H3. The third-order valence-corrected chi connectivity index (χ3v) is 5.29. The second kappa shape index (κ2) is 7.74. The highest BCUT2D eigenvalue weighted by Gasteiger charge is 2.16. The van der Waals surface area contributed by atoms with Crippen LogP contribution in [0.5, 0.6) is 5.75 Å². The van der Waals surface area contributed by atoms with Crippen LogP contribution in [0, 0.1) is 6.92 Å². The number of rotatable bonds is 3. The molecule has 0 N–H and O–H groups in total. The van der Waals surface area contributed by atoms with E-state index in [9.17, 15) is 9.59 Å². The summed E-state index contributed by atoms with van der Waals surface area (Å²) in [6, 6.07) is 18.9. The van der Waals surface area contributed by atoms with Crippen LogP contribution in [-0.4, -0.2) is 5.97 Å². The van der Waals surface area contributed by atoms with Crippen molar-refractivity contribution < 1.29 is 13.9 Å². The topological polar surface area (TPSA) is 56.5 Å². The number of carbonyl (C=O) groups excluding carboxylic acids is 1. The molecule has 0 saturated carbocycles. The van der Waals surface area contributed by atoms with Crippen molar-refractivity contribution >= 4 is 40.1 Å². The predicted molar refractivity (Wildman–Crippen MR) is 114 cm³/mol. The molecule has 0 fully saturated rings. The number of aryl methyl sites for hydroxylation is 1. The van der Waals surface area contributed by atoms with E-state index >= 15 is 0 Å². The summed E-state index contributed by atoms with van der Waals surface area (Å²) in [6.45, 7) is 1.73. The molecule has 0 bridgehead atoms. The van der Waals surface area contributed by atoms with Crippen LogP contribution in [0.4, 0.5) is 0 Å². The Labute approximate surface area is 176 Å². The number of hydrogen-bond donors (Lipinski definition) is 0. The molecule has 0 unspecified atom stereocenters. The first kappa shape index (κ1) is 19.2. The molecule has 0 atom stereocenters. The molecule has 0 spiro atoms. The van der Waals surface area contributed by atoms with Crippen molar-refractivity contribution in [2.75, 3.05) is 0 Å². The second-order valence-corrected chi connectivity index (χ2v) is 7.24. The van der Waals surface area contributed by atoms with Crippen LogP contribution >= 0.6 is 23.2 Å². The highest BCUT2D eigenvalue weighted by Crippen LogP contribution is 2.33. The molecule has 29 heavy (non-hydrogen) atoms. The molecular formula is C23H14Cl2O4. The van der Waals surface area contributed by atoms with Crippen molar-refractivity contribution in [1.29, 1.82) is 0 Å². The van der Waals surface area contributed by atoms with E-state index < -0.39 is 11.6 Å². The van der Waals surface area contributed by atoms with E-state index in [-0.39, 0.29) is 10.6 Å². The highest BCUT2D eigenvalue weighted by atomic mass is 35.5. The first-order valence-corrected chi connectivity index (χ1v) is 9.50. The lowest BCUT2D eigenvalue weighted by Gasteiger charge is -2.12. The smallest absolute Gasteiger partial charge is 0.343 e. The summed E-state index contributed by atoms with van der Waals surface area (Å²) in [4.78, 5) is 24.7. The lowest BCUT2D eigenvalue weighted by Crippen LogP contribution is -2.10. The predicted octanol–water partition coefficient (Wildman–Crippen LogP) is 6.29. The number of carbonyl (C=O) groups is 1. The lowest BCUT2D eigenvalue weighted by atomic mass is 10.0. The zero-order valence-corrected chi connectivity index (χ0v) is 16.8. The molecule has 4 aromatic rings. The summed E-state index contributed by atoms with van der Waals surface area (Å²) in [5.74, 6) is -0.297. The third kappa shape index (κ3) is 3.77. The maximum absolute atomic E-state index is 12.5. The normalized spacial score (nSPS) is 10.9. The first-order chi connectivity index (χ1) is 13.9. The number of ether oxygens (including phenoxy) is 1. The fourth-order valence-corrected chi connectivity index (χ4v) is 3.39. The highest BCUT2D eigenvalue weighted by molar-refractivity contribution is 6.42. The minimum atomic E-state index is -0.590. The van der Waals surface area contributed by atoms with Gasteiger partial charge in [0.1, 0.15) is 11.3 Å². The van der Waals surface area contributed by atoms with Gasteiger partial charge in [0, 0.05) is 17.0 Å². The largest absolute Gasteiger partial charge is 0.423 e. The molecule has 0 saturated heterocycles. The van der Waals surface area contributed by atoms with Crippen LogP contribution in [0.15, 0.2) is 75.9 Å². The fourth-order valence-electron chi connectivity index (χ4n) is 3.09. The Hall–Kier alpha value is -3.08. The molecule has 1 aromatic heterocycles. The average Bonchev–Trinajstić information content (AvgIpc) is 2.72. The van der Waals surface area contributed by atoms with Crippen molar-refractivity contribution in [2.24, 2.45) is 0 Å². The first-order valence-electron chi connectivity index (χ1n) is 8.74. The molecule has 0 radical (unpaired) electrons. The van der Waals surface area contributed by atoms with E-state index in [0.717, 1.165) is 16.5 Å². The van der Waals surface area contributed by atoms with Crippen LogP contribution in [-0.2, 0) is 0 Å². The van der Waals surface area contributed by atoms with Gasteiger partial charge in [-0.05, 0) is 48.4 Å². The fraction of sp³-hybridized carbons (Fsp3) is 0.0435. The van der Waals surface area contributed by atoms with Crippen LogP contribution in [0.3, 0.4) is 0 Å². The van der Waals surface area contributed by atoms with E-state index in [2.05, 4.69) is 0 Å². The van der Waals surface area contributed by atoms with Gasteiger partial charge in [0.15, 0.2) is 0 Å². The summed E-state index contributed by atoms with van der Waals surface area (Å²) >= 11 is 11.9. The number of benzene rings is 3. The molecule has 144 valence electrons. The minimum Gasteiger partial charge on any atom is -0.423 e. The SMILES string of the molecule is Cc1c(OC(=O)c2ccc(Cl)c(Cl)c2)ccc2c(-c3ccccc3)cc(=O)oc12. The van der Waals surface area contributed by atoms with Gasteiger partial charge in [0.25, 0.3) is 0 Å². The maximum atomic E-state index is 12.5. The molecule has 0 aliphatic rings. The van der Waals surface area contributed by atoms with E-state index in [1.54, 1.807) is 19.1 Å². The van der Waals surface area contributed by atoms with Crippen molar-refractivity contribution in [2.45, 2.75) is 6.92 Å². The van der Waals surface area contributed by atoms with Crippen LogP contribution in [0.25, 0.3) is 22.1 Å². The summed E-state index contributed by atoms with van der Waals surface area (Å²) < 4.78 is 10.9. The summed E-state index contributed by atoms with van der Waals surface area (Å²) in [6.07, 6.45) is 0. The zero-order chi connectivity index (χ0) is 20.5. The van der Waals surface area contributed by atoms with Crippen molar-refractivity contribution in [1.82, 2.24) is 0 Å². The molecule has 3 aromatic carbocycles. The maximum Gasteiger partial charge on any atom is 0.343 e. The molecule has 1 heterocycles. The third-order valence-electron chi connectivity index (χ3n) is 4.55. The van der Waals surface area contributed by atoms with Gasteiger partial charge in [-0.15, -0.1) is 0 Å². The Balaban J connectivity index is 1.77. The van der Waals surface area contributed by atoms with Gasteiger partial charge in [0.05, 0.1) is 15.6 Å². The quantitative estimate of drug-likeness (QED) is 0.220. The Morgan fingerprint density at radius 1 is 0.931 bits per heavy atom. The summed E-state index contributed by atoms with van der Waals surface area (Å²) in [5.41, 5.74) is 2.35. The van der Waals surface area contributed by atoms with Gasteiger partial charge >= 0.3 is 11.6 Å². The van der Waals surface area contributed by atoms with Crippen molar-refractivity contribution in [3.63, 3.8) is 0 Å². The van der Waals surface area contributed by atoms with Gasteiger partial charge in [-0.25, -0.2) is 9.59 Å². The Kier molecular flexibility index (Phi) is 5.14. The van der Waals surface area contributed by atoms with Crippen molar-refractivity contribution in [3.05, 3.63) is 98.3 Å². The number of fused-ring (bicyclic) bond motifs is 1. The molecule has 6 heteroatoms. The number of hydrogen-bond acceptors (Lipinski definition) is 4.